The normalized spacial score (nSPS) is 10.3. The molecule has 0 saturated carbocycles. The van der Waals surface area contributed by atoms with Gasteiger partial charge in [0.15, 0.2) is 6.29 Å². The van der Waals surface area contributed by atoms with Crippen molar-refractivity contribution in [3.05, 3.63) is 23.5 Å². The molecule has 0 aromatic carbocycles. The largest absolute Gasteiger partial charge is 0.359 e. The number of hydrogen-bond acceptors (Lipinski definition) is 1. The van der Waals surface area contributed by atoms with Crippen LogP contribution >= 0.6 is 0 Å². The number of rotatable bonds is 2. The van der Waals surface area contributed by atoms with Crippen LogP contribution in [-0.2, 0) is 0 Å². The van der Waals surface area contributed by atoms with Crippen LogP contribution in [0.5, 0.6) is 0 Å². The second-order valence-corrected chi connectivity index (χ2v) is 2.66. The Bertz CT molecular complexity index is 225. The number of aromatic amines is 1. The molecule has 1 aromatic rings. The van der Waals surface area contributed by atoms with E-state index < -0.39 is 0 Å². The number of aromatic nitrogens is 1. The second-order valence-electron chi connectivity index (χ2n) is 2.66. The monoisotopic (exact) mass is 137 g/mol. The quantitative estimate of drug-likeness (QED) is 0.621. The van der Waals surface area contributed by atoms with Crippen LogP contribution < -0.4 is 0 Å². The third kappa shape index (κ3) is 1.26. The predicted octanol–water partition coefficient (Wildman–Crippen LogP) is 1.95. The molecular formula is C8H11NO. The molecule has 0 aliphatic heterocycles. The van der Waals surface area contributed by atoms with E-state index in [9.17, 15) is 4.79 Å². The van der Waals surface area contributed by atoms with E-state index >= 15 is 0 Å². The minimum absolute atomic E-state index is 0.491. The Morgan fingerprint density at radius 2 is 2.30 bits per heavy atom. The van der Waals surface area contributed by atoms with Gasteiger partial charge >= 0.3 is 0 Å². The summed E-state index contributed by atoms with van der Waals surface area (Å²) in [6, 6.07) is 1.87. The number of hydrogen-bond donors (Lipinski definition) is 1. The molecule has 2 heteroatoms. The van der Waals surface area contributed by atoms with Gasteiger partial charge in [-0.2, -0.15) is 0 Å². The van der Waals surface area contributed by atoms with Gasteiger partial charge in [-0.15, -0.1) is 0 Å². The summed E-state index contributed by atoms with van der Waals surface area (Å²) in [5.41, 5.74) is 1.84. The first-order valence-corrected chi connectivity index (χ1v) is 3.37. The van der Waals surface area contributed by atoms with Crippen molar-refractivity contribution in [2.75, 3.05) is 0 Å². The summed E-state index contributed by atoms with van der Waals surface area (Å²) in [5.74, 6) is 0.491. The topological polar surface area (TPSA) is 32.9 Å². The first-order chi connectivity index (χ1) is 4.74. The van der Waals surface area contributed by atoms with Crippen LogP contribution in [0.3, 0.4) is 0 Å². The van der Waals surface area contributed by atoms with Gasteiger partial charge < -0.3 is 4.98 Å². The fourth-order valence-corrected chi connectivity index (χ4v) is 0.831. The molecule has 1 N–H and O–H groups in total. The summed E-state index contributed by atoms with van der Waals surface area (Å²) in [6.45, 7) is 4.19. The first-order valence-electron chi connectivity index (χ1n) is 3.37. The van der Waals surface area contributed by atoms with Crippen LogP contribution in [0.2, 0.25) is 0 Å². The molecule has 2 nitrogen and oxygen atoms in total. The van der Waals surface area contributed by atoms with Gasteiger partial charge in [-0.3, -0.25) is 4.79 Å². The second kappa shape index (κ2) is 2.69. The molecule has 10 heavy (non-hydrogen) atoms. The molecular weight excluding hydrogens is 126 g/mol. The van der Waals surface area contributed by atoms with Crippen molar-refractivity contribution in [2.45, 2.75) is 19.8 Å². The lowest BCUT2D eigenvalue weighted by Gasteiger charge is -1.96. The molecule has 1 rings (SSSR count). The summed E-state index contributed by atoms with van der Waals surface area (Å²) in [7, 11) is 0. The maximum Gasteiger partial charge on any atom is 0.166 e. The van der Waals surface area contributed by atoms with Gasteiger partial charge in [0.25, 0.3) is 0 Å². The van der Waals surface area contributed by atoms with Gasteiger partial charge in [0.1, 0.15) is 0 Å². The third-order valence-corrected chi connectivity index (χ3v) is 1.52. The molecule has 1 heterocycles. The average molecular weight is 137 g/mol. The van der Waals surface area contributed by atoms with Gasteiger partial charge in [0.2, 0.25) is 0 Å². The van der Waals surface area contributed by atoms with Crippen LogP contribution in [-0.4, -0.2) is 11.3 Å². The number of H-pyrrole nitrogens is 1. The van der Waals surface area contributed by atoms with Crippen molar-refractivity contribution < 1.29 is 4.79 Å². The van der Waals surface area contributed by atoms with Crippen LogP contribution in [0.1, 0.15) is 35.8 Å². The fourth-order valence-electron chi connectivity index (χ4n) is 0.831. The smallest absolute Gasteiger partial charge is 0.166 e. The van der Waals surface area contributed by atoms with E-state index in [-0.39, 0.29) is 0 Å². The average Bonchev–Trinajstić information content (AvgIpc) is 2.34. The van der Waals surface area contributed by atoms with Crippen LogP contribution in [0.15, 0.2) is 12.3 Å². The Balaban J connectivity index is 2.88. The highest BCUT2D eigenvalue weighted by Gasteiger charge is 2.00. The zero-order valence-electron chi connectivity index (χ0n) is 6.22. The number of nitrogens with one attached hydrogen (secondary N) is 1. The van der Waals surface area contributed by atoms with Crippen molar-refractivity contribution in [1.82, 2.24) is 4.98 Å². The van der Waals surface area contributed by atoms with Crippen molar-refractivity contribution in [3.63, 3.8) is 0 Å². The minimum atomic E-state index is 0.491. The molecule has 0 aliphatic rings. The molecule has 0 atom stereocenters. The molecule has 0 bridgehead atoms. The summed E-state index contributed by atoms with van der Waals surface area (Å²) < 4.78 is 0. The minimum Gasteiger partial charge on any atom is -0.359 e. The lowest BCUT2D eigenvalue weighted by molar-refractivity contribution is 0.111. The number of carbonyl (C=O) groups is 1. The molecule has 0 saturated heterocycles. The zero-order valence-corrected chi connectivity index (χ0v) is 6.22. The Hall–Kier alpha value is -1.05. The highest BCUT2D eigenvalue weighted by atomic mass is 16.1. The Labute approximate surface area is 60.3 Å². The van der Waals surface area contributed by atoms with Crippen molar-refractivity contribution in [3.8, 4) is 0 Å². The van der Waals surface area contributed by atoms with E-state index in [2.05, 4.69) is 18.8 Å². The molecule has 0 unspecified atom stereocenters. The highest BCUT2D eigenvalue weighted by molar-refractivity contribution is 5.72. The summed E-state index contributed by atoms with van der Waals surface area (Å²) in [5, 5.41) is 0. The van der Waals surface area contributed by atoms with Gasteiger partial charge in [0, 0.05) is 6.20 Å². The van der Waals surface area contributed by atoms with Crippen molar-refractivity contribution in [2.24, 2.45) is 0 Å². The maximum atomic E-state index is 10.2. The lowest BCUT2D eigenvalue weighted by atomic mass is 10.1. The van der Waals surface area contributed by atoms with Crippen molar-refractivity contribution >= 4 is 6.29 Å². The van der Waals surface area contributed by atoms with E-state index in [1.165, 1.54) is 5.56 Å². The van der Waals surface area contributed by atoms with Crippen molar-refractivity contribution in [1.29, 1.82) is 0 Å². The van der Waals surface area contributed by atoms with E-state index in [0.717, 1.165) is 6.29 Å². The fraction of sp³-hybridized carbons (Fsp3) is 0.375. The van der Waals surface area contributed by atoms with Crippen LogP contribution in [0.4, 0.5) is 0 Å². The van der Waals surface area contributed by atoms with Crippen LogP contribution in [0, 0.1) is 0 Å². The SMILES string of the molecule is CC(C)c1c[nH]c(C=O)c1. The molecule has 54 valence electrons. The third-order valence-electron chi connectivity index (χ3n) is 1.52. The van der Waals surface area contributed by atoms with Gasteiger partial charge in [0.05, 0.1) is 5.69 Å². The zero-order chi connectivity index (χ0) is 7.56. The molecule has 1 aromatic heterocycles. The molecule has 0 spiro atoms. The highest BCUT2D eigenvalue weighted by Crippen LogP contribution is 2.13. The number of aldehydes is 1. The lowest BCUT2D eigenvalue weighted by Crippen LogP contribution is -1.80. The van der Waals surface area contributed by atoms with Crippen LogP contribution in [0.25, 0.3) is 0 Å². The number of carbonyl (C=O) groups excluding carboxylic acids is 1. The van der Waals surface area contributed by atoms with E-state index in [1.807, 2.05) is 12.3 Å². The first kappa shape index (κ1) is 7.06. The van der Waals surface area contributed by atoms with Gasteiger partial charge in [-0.25, -0.2) is 0 Å². The standard InChI is InChI=1S/C8H11NO/c1-6(2)7-3-8(5-10)9-4-7/h3-6,9H,1-2H3. The summed E-state index contributed by atoms with van der Waals surface area (Å²) in [6.07, 6.45) is 2.69. The maximum absolute atomic E-state index is 10.2. The Kier molecular flexibility index (Phi) is 1.90. The Morgan fingerprint density at radius 3 is 2.60 bits per heavy atom. The molecule has 0 fully saturated rings. The molecule has 0 amide bonds. The van der Waals surface area contributed by atoms with E-state index in [0.29, 0.717) is 11.6 Å². The Morgan fingerprint density at radius 1 is 1.60 bits per heavy atom. The van der Waals surface area contributed by atoms with Gasteiger partial charge in [-0.05, 0) is 17.5 Å². The predicted molar refractivity (Wildman–Crippen MR) is 40.3 cm³/mol. The summed E-state index contributed by atoms with van der Waals surface area (Å²) in [4.78, 5) is 13.1. The van der Waals surface area contributed by atoms with E-state index in [4.69, 9.17) is 0 Å². The molecule has 0 radical (unpaired) electrons. The van der Waals surface area contributed by atoms with E-state index in [1.54, 1.807) is 0 Å². The summed E-state index contributed by atoms with van der Waals surface area (Å²) >= 11 is 0. The molecule has 0 aliphatic carbocycles. The van der Waals surface area contributed by atoms with Gasteiger partial charge in [-0.1, -0.05) is 13.8 Å².